The van der Waals surface area contributed by atoms with Crippen molar-refractivity contribution in [3.05, 3.63) is 59.2 Å². The van der Waals surface area contributed by atoms with E-state index in [0.717, 1.165) is 22.4 Å². The van der Waals surface area contributed by atoms with Gasteiger partial charge in [-0.2, -0.15) is 4.31 Å². The Hall–Kier alpha value is -2.22. The molecule has 0 aliphatic carbocycles. The Morgan fingerprint density at radius 3 is 2.21 bits per heavy atom. The molecule has 2 rings (SSSR count). The smallest absolute Gasteiger partial charge is 0.243 e. The number of aryl methyl sites for hydroxylation is 2. The van der Waals surface area contributed by atoms with Crippen molar-refractivity contribution in [2.75, 3.05) is 25.0 Å². The van der Waals surface area contributed by atoms with E-state index in [4.69, 9.17) is 0 Å². The first kappa shape index (κ1) is 23.1. The van der Waals surface area contributed by atoms with Crippen LogP contribution in [0, 0.1) is 13.8 Å². The van der Waals surface area contributed by atoms with Gasteiger partial charge in [0.1, 0.15) is 0 Å². The molecule has 0 aromatic heterocycles. The number of rotatable bonds is 9. The number of carbonyl (C=O) groups excluding carboxylic acids is 1. The van der Waals surface area contributed by atoms with Crippen molar-refractivity contribution < 1.29 is 13.2 Å². The highest BCUT2D eigenvalue weighted by Gasteiger charge is 2.21. The quantitative estimate of drug-likeness (QED) is 0.653. The summed E-state index contributed by atoms with van der Waals surface area (Å²) in [6.07, 6.45) is 0. The molecule has 29 heavy (non-hydrogen) atoms. The minimum absolute atomic E-state index is 0.0925. The van der Waals surface area contributed by atoms with Crippen molar-refractivity contribution in [2.24, 2.45) is 0 Å². The number of amides is 1. The molecule has 0 aliphatic rings. The van der Waals surface area contributed by atoms with E-state index >= 15 is 0 Å². The van der Waals surface area contributed by atoms with E-state index in [1.807, 2.05) is 52.8 Å². The molecule has 0 aliphatic heterocycles. The maximum atomic E-state index is 12.6. The highest BCUT2D eigenvalue weighted by atomic mass is 32.2. The Balaban J connectivity index is 1.97. The number of nitrogens with zero attached hydrogens (tertiary/aromatic N) is 1. The lowest BCUT2D eigenvalue weighted by Crippen LogP contribution is -2.31. The lowest BCUT2D eigenvalue weighted by atomic mass is 10.1. The van der Waals surface area contributed by atoms with Gasteiger partial charge in [-0.25, -0.2) is 8.42 Å². The summed E-state index contributed by atoms with van der Waals surface area (Å²) in [4.78, 5) is 12.5. The lowest BCUT2D eigenvalue weighted by Gasteiger charge is -2.19. The fourth-order valence-corrected chi connectivity index (χ4v) is 4.61. The Morgan fingerprint density at radius 1 is 1.03 bits per heavy atom. The predicted octanol–water partition coefficient (Wildman–Crippen LogP) is 3.62. The van der Waals surface area contributed by atoms with Crippen LogP contribution in [-0.4, -0.2) is 38.3 Å². The molecule has 7 heteroatoms. The molecule has 1 atom stereocenters. The van der Waals surface area contributed by atoms with Crippen molar-refractivity contribution in [1.82, 2.24) is 9.62 Å². The normalized spacial score (nSPS) is 12.8. The van der Waals surface area contributed by atoms with E-state index in [1.54, 1.807) is 24.3 Å². The molecule has 2 N–H and O–H groups in total. The Bertz CT molecular complexity index is 936. The predicted molar refractivity (Wildman–Crippen MR) is 118 cm³/mol. The molecular weight excluding hydrogens is 386 g/mol. The van der Waals surface area contributed by atoms with Crippen LogP contribution in [0.5, 0.6) is 0 Å². The van der Waals surface area contributed by atoms with Crippen molar-refractivity contribution in [1.29, 1.82) is 0 Å². The average molecular weight is 418 g/mol. The van der Waals surface area contributed by atoms with E-state index in [1.165, 1.54) is 4.31 Å². The first-order valence-corrected chi connectivity index (χ1v) is 11.3. The number of sulfonamides is 1. The summed E-state index contributed by atoms with van der Waals surface area (Å²) in [5, 5.41) is 6.09. The van der Waals surface area contributed by atoms with Crippen LogP contribution < -0.4 is 10.6 Å². The number of hydrogen-bond acceptors (Lipinski definition) is 4. The molecule has 2 aromatic carbocycles. The van der Waals surface area contributed by atoms with Gasteiger partial charge in [0.25, 0.3) is 0 Å². The monoisotopic (exact) mass is 417 g/mol. The molecule has 0 saturated carbocycles. The molecule has 0 fully saturated rings. The van der Waals surface area contributed by atoms with Crippen molar-refractivity contribution in [2.45, 2.75) is 45.6 Å². The topological polar surface area (TPSA) is 78.5 Å². The SMILES string of the molecule is CCN(CC)S(=O)(=O)c1ccc([C@@H](C)NCC(=O)Nc2ccc(C)cc2C)cc1. The van der Waals surface area contributed by atoms with Crippen molar-refractivity contribution >= 4 is 21.6 Å². The average Bonchev–Trinajstić information content (AvgIpc) is 2.69. The second-order valence-corrected chi connectivity index (χ2v) is 9.07. The van der Waals surface area contributed by atoms with Crippen LogP contribution in [0.25, 0.3) is 0 Å². The third-order valence-corrected chi connectivity index (χ3v) is 7.01. The number of benzene rings is 2. The summed E-state index contributed by atoms with van der Waals surface area (Å²) < 4.78 is 26.6. The third-order valence-electron chi connectivity index (χ3n) is 4.95. The molecule has 0 heterocycles. The maximum absolute atomic E-state index is 12.6. The summed E-state index contributed by atoms with van der Waals surface area (Å²) >= 11 is 0. The van der Waals surface area contributed by atoms with E-state index in [0.29, 0.717) is 13.1 Å². The number of anilines is 1. The molecule has 0 spiro atoms. The molecule has 0 bridgehead atoms. The molecule has 2 aromatic rings. The second-order valence-electron chi connectivity index (χ2n) is 7.13. The van der Waals surface area contributed by atoms with Gasteiger partial charge >= 0.3 is 0 Å². The van der Waals surface area contributed by atoms with Gasteiger partial charge < -0.3 is 10.6 Å². The van der Waals surface area contributed by atoms with Crippen LogP contribution in [0.15, 0.2) is 47.4 Å². The Labute approximate surface area is 174 Å². The minimum atomic E-state index is -3.46. The largest absolute Gasteiger partial charge is 0.325 e. The molecule has 0 radical (unpaired) electrons. The first-order valence-electron chi connectivity index (χ1n) is 9.89. The Kier molecular flexibility index (Phi) is 7.96. The number of nitrogens with one attached hydrogen (secondary N) is 2. The van der Waals surface area contributed by atoms with Gasteiger partial charge in [0, 0.05) is 24.8 Å². The van der Waals surface area contributed by atoms with Gasteiger partial charge in [-0.3, -0.25) is 4.79 Å². The molecule has 0 saturated heterocycles. The summed E-state index contributed by atoms with van der Waals surface area (Å²) in [5.41, 5.74) is 3.90. The van der Waals surface area contributed by atoms with E-state index < -0.39 is 10.0 Å². The van der Waals surface area contributed by atoms with Crippen LogP contribution in [0.2, 0.25) is 0 Å². The highest BCUT2D eigenvalue weighted by molar-refractivity contribution is 7.89. The number of carbonyl (C=O) groups is 1. The summed E-state index contributed by atoms with van der Waals surface area (Å²) in [5.74, 6) is -0.121. The highest BCUT2D eigenvalue weighted by Crippen LogP contribution is 2.20. The van der Waals surface area contributed by atoms with Crippen LogP contribution in [0.4, 0.5) is 5.69 Å². The van der Waals surface area contributed by atoms with Crippen LogP contribution in [0.1, 0.15) is 43.5 Å². The minimum Gasteiger partial charge on any atom is -0.325 e. The maximum Gasteiger partial charge on any atom is 0.243 e. The zero-order valence-corrected chi connectivity index (χ0v) is 18.6. The lowest BCUT2D eigenvalue weighted by molar-refractivity contribution is -0.115. The third kappa shape index (κ3) is 5.88. The van der Waals surface area contributed by atoms with Gasteiger partial charge in [0.05, 0.1) is 11.4 Å². The van der Waals surface area contributed by atoms with Gasteiger partial charge in [-0.1, -0.05) is 43.7 Å². The fraction of sp³-hybridized carbons (Fsp3) is 0.409. The van der Waals surface area contributed by atoms with Crippen molar-refractivity contribution in [3.63, 3.8) is 0 Å². The summed E-state index contributed by atoms with van der Waals surface area (Å²) in [6, 6.07) is 12.6. The standard InChI is InChI=1S/C22H31N3O3S/c1-6-25(7-2)29(27,28)20-11-9-19(10-12-20)18(5)23-15-22(26)24-21-13-8-16(3)14-17(21)4/h8-14,18,23H,6-7,15H2,1-5H3,(H,24,26)/t18-/m1/s1. The van der Waals surface area contributed by atoms with E-state index in [-0.39, 0.29) is 23.4 Å². The second kappa shape index (κ2) is 10.0. The number of hydrogen-bond donors (Lipinski definition) is 2. The molecule has 158 valence electrons. The van der Waals surface area contributed by atoms with Gasteiger partial charge in [0.15, 0.2) is 0 Å². The molecule has 6 nitrogen and oxygen atoms in total. The Morgan fingerprint density at radius 2 is 1.66 bits per heavy atom. The summed E-state index contributed by atoms with van der Waals surface area (Å²) in [7, 11) is -3.46. The van der Waals surface area contributed by atoms with Crippen LogP contribution in [-0.2, 0) is 14.8 Å². The van der Waals surface area contributed by atoms with Crippen molar-refractivity contribution in [3.8, 4) is 0 Å². The molecular formula is C22H31N3O3S. The van der Waals surface area contributed by atoms with E-state index in [9.17, 15) is 13.2 Å². The fourth-order valence-electron chi connectivity index (χ4n) is 3.15. The zero-order valence-electron chi connectivity index (χ0n) is 17.8. The molecule has 0 unspecified atom stereocenters. The molecule has 1 amide bonds. The summed E-state index contributed by atoms with van der Waals surface area (Å²) in [6.45, 7) is 10.6. The zero-order chi connectivity index (χ0) is 21.6. The van der Waals surface area contributed by atoms with E-state index in [2.05, 4.69) is 10.6 Å². The van der Waals surface area contributed by atoms with Gasteiger partial charge in [-0.05, 0) is 50.1 Å². The first-order chi connectivity index (χ1) is 13.7. The van der Waals surface area contributed by atoms with Crippen LogP contribution >= 0.6 is 0 Å². The van der Waals surface area contributed by atoms with Gasteiger partial charge in [-0.15, -0.1) is 0 Å². The van der Waals surface area contributed by atoms with Crippen LogP contribution in [0.3, 0.4) is 0 Å². The van der Waals surface area contributed by atoms with Gasteiger partial charge in [0.2, 0.25) is 15.9 Å².